The third-order valence-electron chi connectivity index (χ3n) is 7.64. The monoisotopic (exact) mass is 524 g/mol. The Kier molecular flexibility index (Phi) is 9.95. The summed E-state index contributed by atoms with van der Waals surface area (Å²) in [6.07, 6.45) is 6.68. The predicted molar refractivity (Wildman–Crippen MR) is 144 cm³/mol. The fourth-order valence-electron chi connectivity index (χ4n) is 5.61. The third kappa shape index (κ3) is 6.82. The van der Waals surface area contributed by atoms with Gasteiger partial charge >= 0.3 is 5.97 Å². The van der Waals surface area contributed by atoms with Gasteiger partial charge in [0.15, 0.2) is 11.5 Å². The van der Waals surface area contributed by atoms with Crippen LogP contribution in [0.15, 0.2) is 42.6 Å². The summed E-state index contributed by atoms with van der Waals surface area (Å²) in [5.41, 5.74) is 7.49. The van der Waals surface area contributed by atoms with Crippen LogP contribution in [0, 0.1) is 5.92 Å². The number of amides is 1. The number of fused-ring (bicyclic) bond motifs is 1. The third-order valence-corrected chi connectivity index (χ3v) is 7.64. The maximum absolute atomic E-state index is 13.5. The molecule has 206 valence electrons. The van der Waals surface area contributed by atoms with Gasteiger partial charge in [-0.2, -0.15) is 0 Å². The number of nitrogens with two attached hydrogens (primary N) is 1. The number of carboxylic acids is 1. The molecule has 3 atom stereocenters. The summed E-state index contributed by atoms with van der Waals surface area (Å²) < 4.78 is 11.0. The van der Waals surface area contributed by atoms with Gasteiger partial charge < -0.3 is 25.2 Å². The number of carboxylic acid groups (broad SMARTS) is 1. The van der Waals surface area contributed by atoms with Gasteiger partial charge in [0.05, 0.1) is 12.5 Å². The van der Waals surface area contributed by atoms with Crippen LogP contribution in [0.4, 0.5) is 0 Å². The first-order valence-electron chi connectivity index (χ1n) is 13.8. The van der Waals surface area contributed by atoms with Gasteiger partial charge in [0, 0.05) is 43.5 Å². The van der Waals surface area contributed by atoms with Crippen molar-refractivity contribution in [2.45, 2.75) is 57.4 Å². The van der Waals surface area contributed by atoms with Crippen molar-refractivity contribution in [1.82, 2.24) is 14.8 Å². The standard InChI is InChI=1S/C29H40N4O5/c1-2-3-15-32(16-7-5-13-30)27(34)19-33-18-23(21-9-12-25-26(17-21)38-20-37-25)28(29(35)36)24(33)11-10-22-8-4-6-14-31-22/h4,6,8-9,12,14,17,23-24,28H,2-3,5,7,10-11,13,15-16,18-20,30H2,1H3,(H,35,36)/t23-,24+,28-/m1/s1. The van der Waals surface area contributed by atoms with Gasteiger partial charge in [-0.25, -0.2) is 0 Å². The number of carbonyl (C=O) groups is 2. The number of aromatic nitrogens is 1. The molecule has 2 aliphatic heterocycles. The van der Waals surface area contributed by atoms with Crippen LogP contribution in [-0.4, -0.2) is 77.3 Å². The Hall–Kier alpha value is -3.17. The van der Waals surface area contributed by atoms with E-state index >= 15 is 0 Å². The molecule has 0 saturated carbocycles. The minimum atomic E-state index is -0.848. The molecule has 1 fully saturated rings. The Morgan fingerprint density at radius 2 is 1.95 bits per heavy atom. The van der Waals surface area contributed by atoms with Crippen molar-refractivity contribution in [3.63, 3.8) is 0 Å². The average Bonchev–Trinajstić information content (AvgIpc) is 3.54. The topological polar surface area (TPSA) is 118 Å². The highest BCUT2D eigenvalue weighted by atomic mass is 16.7. The van der Waals surface area contributed by atoms with E-state index in [0.29, 0.717) is 50.5 Å². The van der Waals surface area contributed by atoms with E-state index in [0.717, 1.165) is 36.9 Å². The molecule has 0 radical (unpaired) electrons. The number of hydrogen-bond acceptors (Lipinski definition) is 7. The molecule has 9 nitrogen and oxygen atoms in total. The Bertz CT molecular complexity index is 1070. The Labute approximate surface area is 224 Å². The minimum Gasteiger partial charge on any atom is -0.481 e. The number of carbonyl (C=O) groups excluding carboxylic acids is 1. The molecule has 1 amide bonds. The lowest BCUT2D eigenvalue weighted by Crippen LogP contribution is -2.45. The molecule has 0 aliphatic carbocycles. The smallest absolute Gasteiger partial charge is 0.308 e. The van der Waals surface area contributed by atoms with Gasteiger partial charge in [0.1, 0.15) is 0 Å². The Morgan fingerprint density at radius 3 is 2.68 bits per heavy atom. The molecule has 38 heavy (non-hydrogen) atoms. The summed E-state index contributed by atoms with van der Waals surface area (Å²) in [5.74, 6) is -0.426. The van der Waals surface area contributed by atoms with E-state index in [1.807, 2.05) is 41.3 Å². The number of likely N-dealkylation sites (tertiary alicyclic amines) is 1. The van der Waals surface area contributed by atoms with Crippen molar-refractivity contribution in [2.24, 2.45) is 11.7 Å². The average molecular weight is 525 g/mol. The van der Waals surface area contributed by atoms with E-state index in [-0.39, 0.29) is 31.2 Å². The molecular formula is C29H40N4O5. The number of rotatable bonds is 14. The maximum atomic E-state index is 13.5. The fraction of sp³-hybridized carbons (Fsp3) is 0.552. The number of benzene rings is 1. The molecule has 1 saturated heterocycles. The van der Waals surface area contributed by atoms with Crippen LogP contribution in [0.3, 0.4) is 0 Å². The SMILES string of the molecule is CCCCN(CCCCN)C(=O)CN1C[C@H](c2ccc3c(c2)OCO3)[C@@H](C(=O)O)[C@@H]1CCc1ccccn1. The molecule has 0 unspecified atom stereocenters. The van der Waals surface area contributed by atoms with Crippen molar-refractivity contribution in [2.75, 3.05) is 39.5 Å². The number of nitrogens with zero attached hydrogens (tertiary/aromatic N) is 3. The number of ether oxygens (including phenoxy) is 2. The van der Waals surface area contributed by atoms with Crippen molar-refractivity contribution in [1.29, 1.82) is 0 Å². The quantitative estimate of drug-likeness (QED) is 0.362. The van der Waals surface area contributed by atoms with E-state index in [1.54, 1.807) is 6.20 Å². The van der Waals surface area contributed by atoms with Crippen LogP contribution in [0.2, 0.25) is 0 Å². The van der Waals surface area contributed by atoms with Gasteiger partial charge in [-0.3, -0.25) is 19.5 Å². The van der Waals surface area contributed by atoms with Crippen LogP contribution >= 0.6 is 0 Å². The van der Waals surface area contributed by atoms with Crippen molar-refractivity contribution >= 4 is 11.9 Å². The van der Waals surface area contributed by atoms with E-state index < -0.39 is 11.9 Å². The molecule has 1 aromatic carbocycles. The molecule has 3 heterocycles. The zero-order valence-electron chi connectivity index (χ0n) is 22.3. The fourth-order valence-corrected chi connectivity index (χ4v) is 5.61. The van der Waals surface area contributed by atoms with Gasteiger partial charge in [0.25, 0.3) is 0 Å². The van der Waals surface area contributed by atoms with Gasteiger partial charge in [-0.15, -0.1) is 0 Å². The largest absolute Gasteiger partial charge is 0.481 e. The van der Waals surface area contributed by atoms with Gasteiger partial charge in [0.2, 0.25) is 12.7 Å². The molecule has 4 rings (SSSR count). The molecule has 0 bridgehead atoms. The van der Waals surface area contributed by atoms with E-state index in [2.05, 4.69) is 16.8 Å². The minimum absolute atomic E-state index is 0.0498. The number of hydrogen-bond donors (Lipinski definition) is 2. The summed E-state index contributed by atoms with van der Waals surface area (Å²) >= 11 is 0. The second-order valence-electron chi connectivity index (χ2n) is 10.2. The second kappa shape index (κ2) is 13.6. The van der Waals surface area contributed by atoms with Gasteiger partial charge in [-0.1, -0.05) is 25.5 Å². The lowest BCUT2D eigenvalue weighted by Gasteiger charge is -2.29. The number of pyridine rings is 1. The molecule has 2 aliphatic rings. The zero-order chi connectivity index (χ0) is 26.9. The summed E-state index contributed by atoms with van der Waals surface area (Å²) in [6.45, 7) is 4.95. The molecule has 2 aromatic rings. The van der Waals surface area contributed by atoms with Crippen molar-refractivity contribution in [3.8, 4) is 11.5 Å². The molecule has 3 N–H and O–H groups in total. The van der Waals surface area contributed by atoms with Gasteiger partial charge in [-0.05, 0) is 68.5 Å². The van der Waals surface area contributed by atoms with Crippen LogP contribution in [-0.2, 0) is 16.0 Å². The molecular weight excluding hydrogens is 484 g/mol. The second-order valence-corrected chi connectivity index (χ2v) is 10.2. The Balaban J connectivity index is 1.57. The number of unbranched alkanes of at least 4 members (excludes halogenated alkanes) is 2. The first kappa shape index (κ1) is 27.9. The van der Waals surface area contributed by atoms with Crippen molar-refractivity contribution in [3.05, 3.63) is 53.9 Å². The lowest BCUT2D eigenvalue weighted by atomic mass is 9.83. The number of aryl methyl sites for hydroxylation is 1. The van der Waals surface area contributed by atoms with Crippen LogP contribution < -0.4 is 15.2 Å². The summed E-state index contributed by atoms with van der Waals surface area (Å²) in [4.78, 5) is 34.7. The molecule has 1 aromatic heterocycles. The highest BCUT2D eigenvalue weighted by Gasteiger charge is 2.47. The lowest BCUT2D eigenvalue weighted by molar-refractivity contribution is -0.143. The molecule has 0 spiro atoms. The normalized spacial score (nSPS) is 20.5. The highest BCUT2D eigenvalue weighted by molar-refractivity contribution is 5.79. The van der Waals surface area contributed by atoms with E-state index in [1.165, 1.54) is 0 Å². The molecule has 9 heteroatoms. The first-order valence-corrected chi connectivity index (χ1v) is 13.8. The van der Waals surface area contributed by atoms with Crippen LogP contribution in [0.1, 0.15) is 56.2 Å². The van der Waals surface area contributed by atoms with E-state index in [4.69, 9.17) is 15.2 Å². The highest BCUT2D eigenvalue weighted by Crippen LogP contribution is 2.43. The van der Waals surface area contributed by atoms with Crippen LogP contribution in [0.25, 0.3) is 0 Å². The number of aliphatic carboxylic acids is 1. The first-order chi connectivity index (χ1) is 18.5. The maximum Gasteiger partial charge on any atom is 0.308 e. The Morgan fingerprint density at radius 1 is 1.13 bits per heavy atom. The van der Waals surface area contributed by atoms with Crippen LogP contribution in [0.5, 0.6) is 11.5 Å². The van der Waals surface area contributed by atoms with E-state index in [9.17, 15) is 14.7 Å². The zero-order valence-corrected chi connectivity index (χ0v) is 22.3. The summed E-state index contributed by atoms with van der Waals surface area (Å²) in [5, 5.41) is 10.4. The summed E-state index contributed by atoms with van der Waals surface area (Å²) in [6, 6.07) is 11.1. The summed E-state index contributed by atoms with van der Waals surface area (Å²) in [7, 11) is 0. The predicted octanol–water partition coefficient (Wildman–Crippen LogP) is 3.28. The van der Waals surface area contributed by atoms with Crippen molar-refractivity contribution < 1.29 is 24.2 Å².